The second-order valence-corrected chi connectivity index (χ2v) is 5.05. The minimum absolute atomic E-state index is 0.115. The molecular formula is C14H22N2O2. The molecule has 0 aliphatic heterocycles. The van der Waals surface area contributed by atoms with Crippen molar-refractivity contribution in [1.82, 2.24) is 0 Å². The van der Waals surface area contributed by atoms with Gasteiger partial charge < -0.3 is 16.2 Å². The molecule has 1 rings (SSSR count). The van der Waals surface area contributed by atoms with Crippen molar-refractivity contribution >= 4 is 11.6 Å². The highest BCUT2D eigenvalue weighted by molar-refractivity contribution is 5.96. The molecule has 1 aromatic carbocycles. The maximum Gasteiger partial charge on any atom is 0.231 e. The van der Waals surface area contributed by atoms with Crippen molar-refractivity contribution in [2.75, 3.05) is 11.9 Å². The van der Waals surface area contributed by atoms with E-state index in [4.69, 9.17) is 5.73 Å². The predicted molar refractivity (Wildman–Crippen MR) is 73.7 cm³/mol. The molecular weight excluding hydrogens is 228 g/mol. The Morgan fingerprint density at radius 2 is 2.06 bits per heavy atom. The summed E-state index contributed by atoms with van der Waals surface area (Å²) >= 11 is 0. The molecule has 100 valence electrons. The summed E-state index contributed by atoms with van der Waals surface area (Å²) in [5.41, 5.74) is 7.23. The monoisotopic (exact) mass is 250 g/mol. The zero-order chi connectivity index (χ0) is 13.9. The Bertz CT molecular complexity index is 451. The van der Waals surface area contributed by atoms with Crippen LogP contribution in [0.15, 0.2) is 12.1 Å². The Hall–Kier alpha value is -1.55. The summed E-state index contributed by atoms with van der Waals surface area (Å²) in [6.45, 7) is 7.75. The number of carbonyl (C=O) groups excluding carboxylic acids is 1. The maximum atomic E-state index is 12.2. The molecule has 0 saturated carbocycles. The quantitative estimate of drug-likeness (QED) is 0.718. The van der Waals surface area contributed by atoms with Crippen LogP contribution in [0.2, 0.25) is 0 Å². The first-order chi connectivity index (χ1) is 8.34. The summed E-state index contributed by atoms with van der Waals surface area (Å²) in [5.74, 6) is -0.0442. The Labute approximate surface area is 108 Å². The molecule has 0 aromatic heterocycles. The number of nitrogens with two attached hydrogens (primary N) is 1. The van der Waals surface area contributed by atoms with Gasteiger partial charge in [0.2, 0.25) is 5.91 Å². The molecule has 0 aliphatic carbocycles. The van der Waals surface area contributed by atoms with E-state index >= 15 is 0 Å². The summed E-state index contributed by atoms with van der Waals surface area (Å²) in [6, 6.07) is 3.62. The van der Waals surface area contributed by atoms with Crippen LogP contribution in [0.25, 0.3) is 0 Å². The topological polar surface area (TPSA) is 75.4 Å². The lowest BCUT2D eigenvalue weighted by Gasteiger charge is -2.25. The lowest BCUT2D eigenvalue weighted by Crippen LogP contribution is -2.39. The van der Waals surface area contributed by atoms with Gasteiger partial charge >= 0.3 is 0 Å². The van der Waals surface area contributed by atoms with Crippen molar-refractivity contribution < 1.29 is 9.90 Å². The van der Waals surface area contributed by atoms with E-state index in [-0.39, 0.29) is 18.2 Å². The predicted octanol–water partition coefficient (Wildman–Crippen LogP) is 2.32. The third-order valence-electron chi connectivity index (χ3n) is 3.47. The summed E-state index contributed by atoms with van der Waals surface area (Å²) in [7, 11) is 0. The average molecular weight is 250 g/mol. The molecule has 1 atom stereocenters. The standard InChI is InChI=1S/C14H22N2O2/c1-5-14(4,8-15)13(18)16-11-7-9(2)6-10(3)12(11)17/h6-7,17H,5,8,15H2,1-4H3,(H,16,18). The number of phenols is 1. The average Bonchev–Trinajstić information content (AvgIpc) is 2.34. The molecule has 4 heteroatoms. The third kappa shape index (κ3) is 2.82. The van der Waals surface area contributed by atoms with Crippen LogP contribution in [0.5, 0.6) is 5.75 Å². The fourth-order valence-corrected chi connectivity index (χ4v) is 1.73. The molecule has 0 heterocycles. The highest BCUT2D eigenvalue weighted by atomic mass is 16.3. The van der Waals surface area contributed by atoms with E-state index in [0.717, 1.165) is 11.1 Å². The Kier molecular flexibility index (Phi) is 4.35. The second-order valence-electron chi connectivity index (χ2n) is 5.05. The van der Waals surface area contributed by atoms with Crippen LogP contribution in [-0.2, 0) is 4.79 Å². The lowest BCUT2D eigenvalue weighted by molar-refractivity contribution is -0.124. The van der Waals surface area contributed by atoms with E-state index in [1.54, 1.807) is 13.0 Å². The number of aromatic hydroxyl groups is 1. The van der Waals surface area contributed by atoms with Crippen molar-refractivity contribution in [3.8, 4) is 5.75 Å². The number of anilines is 1. The summed E-state index contributed by atoms with van der Waals surface area (Å²) in [6.07, 6.45) is 0.654. The fraction of sp³-hybridized carbons (Fsp3) is 0.500. The molecule has 0 saturated heterocycles. The molecule has 4 nitrogen and oxygen atoms in total. The van der Waals surface area contributed by atoms with E-state index in [2.05, 4.69) is 5.32 Å². The van der Waals surface area contributed by atoms with Crippen molar-refractivity contribution in [3.05, 3.63) is 23.3 Å². The van der Waals surface area contributed by atoms with Crippen LogP contribution in [0, 0.1) is 19.3 Å². The second kappa shape index (κ2) is 5.40. The van der Waals surface area contributed by atoms with Crippen LogP contribution in [0.3, 0.4) is 0 Å². The van der Waals surface area contributed by atoms with Crippen molar-refractivity contribution in [1.29, 1.82) is 0 Å². The smallest absolute Gasteiger partial charge is 0.231 e. The SMILES string of the molecule is CCC(C)(CN)C(=O)Nc1cc(C)cc(C)c1O. The highest BCUT2D eigenvalue weighted by Gasteiger charge is 2.30. The van der Waals surface area contributed by atoms with Crippen molar-refractivity contribution in [3.63, 3.8) is 0 Å². The van der Waals surface area contributed by atoms with Gasteiger partial charge in [0.25, 0.3) is 0 Å². The number of aryl methyl sites for hydroxylation is 2. The van der Waals surface area contributed by atoms with Gasteiger partial charge in [0, 0.05) is 6.54 Å². The number of phenolic OH excluding ortho intramolecular Hbond substituents is 1. The highest BCUT2D eigenvalue weighted by Crippen LogP contribution is 2.30. The van der Waals surface area contributed by atoms with Gasteiger partial charge in [-0.25, -0.2) is 0 Å². The first-order valence-corrected chi connectivity index (χ1v) is 6.15. The number of hydrogen-bond acceptors (Lipinski definition) is 3. The van der Waals surface area contributed by atoms with Crippen molar-refractivity contribution in [2.45, 2.75) is 34.1 Å². The Morgan fingerprint density at radius 3 is 2.56 bits per heavy atom. The molecule has 0 spiro atoms. The van der Waals surface area contributed by atoms with Crippen LogP contribution in [0.4, 0.5) is 5.69 Å². The molecule has 1 unspecified atom stereocenters. The van der Waals surface area contributed by atoms with Gasteiger partial charge in [-0.3, -0.25) is 4.79 Å². The normalized spacial score (nSPS) is 14.1. The van der Waals surface area contributed by atoms with Crippen LogP contribution >= 0.6 is 0 Å². The summed E-state index contributed by atoms with van der Waals surface area (Å²) in [4.78, 5) is 12.2. The van der Waals surface area contributed by atoms with Gasteiger partial charge in [-0.2, -0.15) is 0 Å². The van der Waals surface area contributed by atoms with E-state index in [1.165, 1.54) is 0 Å². The lowest BCUT2D eigenvalue weighted by atomic mass is 9.86. The number of benzene rings is 1. The van der Waals surface area contributed by atoms with Gasteiger partial charge in [0.1, 0.15) is 5.75 Å². The minimum atomic E-state index is -0.607. The zero-order valence-electron chi connectivity index (χ0n) is 11.5. The number of nitrogens with one attached hydrogen (secondary N) is 1. The van der Waals surface area contributed by atoms with Crippen LogP contribution in [0.1, 0.15) is 31.4 Å². The van der Waals surface area contributed by atoms with Crippen molar-refractivity contribution in [2.24, 2.45) is 11.1 Å². The van der Waals surface area contributed by atoms with Gasteiger partial charge in [-0.1, -0.05) is 13.0 Å². The zero-order valence-corrected chi connectivity index (χ0v) is 11.5. The van der Waals surface area contributed by atoms with Gasteiger partial charge in [0.15, 0.2) is 0 Å². The molecule has 0 bridgehead atoms. The molecule has 1 aromatic rings. The Morgan fingerprint density at radius 1 is 1.44 bits per heavy atom. The molecule has 0 radical (unpaired) electrons. The first kappa shape index (κ1) is 14.5. The fourth-order valence-electron chi connectivity index (χ4n) is 1.73. The third-order valence-corrected chi connectivity index (χ3v) is 3.47. The maximum absolute atomic E-state index is 12.2. The first-order valence-electron chi connectivity index (χ1n) is 6.15. The molecule has 18 heavy (non-hydrogen) atoms. The van der Waals surface area contributed by atoms with E-state index in [9.17, 15) is 9.90 Å². The van der Waals surface area contributed by atoms with Gasteiger partial charge in [-0.05, 0) is 44.4 Å². The van der Waals surface area contributed by atoms with Crippen LogP contribution < -0.4 is 11.1 Å². The molecule has 4 N–H and O–H groups in total. The number of hydrogen-bond donors (Lipinski definition) is 3. The van der Waals surface area contributed by atoms with E-state index < -0.39 is 5.41 Å². The Balaban J connectivity index is 3.02. The van der Waals surface area contributed by atoms with Gasteiger partial charge in [0.05, 0.1) is 11.1 Å². The van der Waals surface area contributed by atoms with E-state index in [1.807, 2.05) is 26.8 Å². The van der Waals surface area contributed by atoms with Gasteiger partial charge in [-0.15, -0.1) is 0 Å². The minimum Gasteiger partial charge on any atom is -0.505 e. The number of rotatable bonds is 4. The summed E-state index contributed by atoms with van der Waals surface area (Å²) in [5, 5.41) is 12.7. The summed E-state index contributed by atoms with van der Waals surface area (Å²) < 4.78 is 0. The van der Waals surface area contributed by atoms with Crippen LogP contribution in [-0.4, -0.2) is 17.6 Å². The molecule has 1 amide bonds. The largest absolute Gasteiger partial charge is 0.505 e. The number of carbonyl (C=O) groups is 1. The molecule has 0 aliphatic rings. The molecule has 0 fully saturated rings. The number of amides is 1. The van der Waals surface area contributed by atoms with E-state index in [0.29, 0.717) is 12.1 Å².